The predicted molar refractivity (Wildman–Crippen MR) is 94.5 cm³/mol. The molecule has 8 heteroatoms. The Morgan fingerprint density at radius 2 is 2.13 bits per heavy atom. The number of benzene rings is 1. The van der Waals surface area contributed by atoms with Crippen LogP contribution in [-0.4, -0.2) is 37.7 Å². The molecule has 0 aliphatic heterocycles. The molecule has 0 fully saturated rings. The van der Waals surface area contributed by atoms with E-state index in [-0.39, 0.29) is 29.7 Å². The zero-order valence-electron chi connectivity index (χ0n) is 13.0. The molecule has 2 N–H and O–H groups in total. The molecule has 1 aromatic heterocycles. The first kappa shape index (κ1) is 17.6. The summed E-state index contributed by atoms with van der Waals surface area (Å²) in [5.41, 5.74) is 0.475. The number of para-hydroxylation sites is 1. The van der Waals surface area contributed by atoms with E-state index in [1.54, 1.807) is 31.4 Å². The Labute approximate surface area is 141 Å². The van der Waals surface area contributed by atoms with Crippen LogP contribution in [0.25, 0.3) is 10.9 Å². The number of nitrogens with one attached hydrogen (secondary N) is 2. The predicted octanol–water partition coefficient (Wildman–Crippen LogP) is 1.33. The number of H-pyrrole nitrogens is 1. The molecule has 1 heterocycles. The van der Waals surface area contributed by atoms with Crippen molar-refractivity contribution in [3.8, 4) is 0 Å². The van der Waals surface area contributed by atoms with E-state index in [0.717, 1.165) is 0 Å². The molecule has 0 unspecified atom stereocenters. The van der Waals surface area contributed by atoms with E-state index in [4.69, 9.17) is 12.2 Å². The fraction of sp³-hybridized carbons (Fsp3) is 0.400. The van der Waals surface area contributed by atoms with Crippen molar-refractivity contribution in [2.45, 2.75) is 25.1 Å². The molecule has 1 aromatic carbocycles. The second kappa shape index (κ2) is 7.65. The Bertz CT molecular complexity index is 857. The zero-order valence-corrected chi connectivity index (χ0v) is 14.6. The highest BCUT2D eigenvalue weighted by Gasteiger charge is 2.10. The molecule has 6 nitrogen and oxygen atoms in total. The normalized spacial score (nSPS) is 13.7. The van der Waals surface area contributed by atoms with Gasteiger partial charge in [0, 0.05) is 41.8 Å². The molecule has 2 rings (SSSR count). The van der Waals surface area contributed by atoms with Gasteiger partial charge in [0.1, 0.15) is 0 Å². The van der Waals surface area contributed by atoms with Crippen LogP contribution < -0.4 is 10.9 Å². The lowest BCUT2D eigenvalue weighted by Crippen LogP contribution is -2.34. The summed E-state index contributed by atoms with van der Waals surface area (Å²) in [7, 11) is -0.981. The minimum absolute atomic E-state index is 0.106. The quantitative estimate of drug-likeness (QED) is 0.768. The van der Waals surface area contributed by atoms with Crippen LogP contribution in [0, 0.1) is 4.77 Å². The van der Waals surface area contributed by atoms with Crippen LogP contribution in [-0.2, 0) is 22.1 Å². The molecule has 0 saturated heterocycles. The monoisotopic (exact) mass is 353 g/mol. The van der Waals surface area contributed by atoms with Gasteiger partial charge in [0.15, 0.2) is 4.77 Å². The number of fused-ring (bicyclic) bond motifs is 1. The first-order valence-electron chi connectivity index (χ1n) is 7.21. The van der Waals surface area contributed by atoms with Crippen molar-refractivity contribution >= 4 is 39.8 Å². The number of amides is 1. The van der Waals surface area contributed by atoms with E-state index in [1.807, 2.05) is 6.07 Å². The highest BCUT2D eigenvalue weighted by molar-refractivity contribution is 7.84. The van der Waals surface area contributed by atoms with Gasteiger partial charge in [-0.1, -0.05) is 12.1 Å². The molecular formula is C15H19N3O3S2. The molecule has 0 bridgehead atoms. The van der Waals surface area contributed by atoms with Gasteiger partial charge in [0.25, 0.3) is 5.56 Å². The number of carbonyl (C=O) groups excluding carboxylic acids is 1. The maximum absolute atomic E-state index is 12.4. The lowest BCUT2D eigenvalue weighted by atomic mass is 10.2. The lowest BCUT2D eigenvalue weighted by molar-refractivity contribution is -0.121. The second-order valence-electron chi connectivity index (χ2n) is 5.30. The van der Waals surface area contributed by atoms with Gasteiger partial charge in [-0.05, 0) is 31.3 Å². The molecule has 124 valence electrons. The van der Waals surface area contributed by atoms with Crippen LogP contribution in [0.5, 0.6) is 0 Å². The summed E-state index contributed by atoms with van der Waals surface area (Å²) in [6, 6.07) is 7.11. The smallest absolute Gasteiger partial charge is 0.262 e. The van der Waals surface area contributed by atoms with Crippen LogP contribution in [0.15, 0.2) is 29.1 Å². The van der Waals surface area contributed by atoms with E-state index in [1.165, 1.54) is 4.57 Å². The Morgan fingerprint density at radius 3 is 2.83 bits per heavy atom. The van der Waals surface area contributed by atoms with E-state index in [0.29, 0.717) is 22.2 Å². The largest absolute Gasteiger partial charge is 0.355 e. The van der Waals surface area contributed by atoms with E-state index >= 15 is 0 Å². The van der Waals surface area contributed by atoms with Crippen LogP contribution in [0.4, 0.5) is 0 Å². The topological polar surface area (TPSA) is 84.0 Å². The zero-order chi connectivity index (χ0) is 17.0. The number of aromatic nitrogens is 2. The molecule has 2 aromatic rings. The summed E-state index contributed by atoms with van der Waals surface area (Å²) in [6.45, 7) is 2.36. The summed E-state index contributed by atoms with van der Waals surface area (Å²) in [5.74, 6) is -0.197. The maximum atomic E-state index is 12.4. The van der Waals surface area contributed by atoms with Gasteiger partial charge in [-0.3, -0.25) is 18.4 Å². The fourth-order valence-corrected chi connectivity index (χ4v) is 2.68. The highest BCUT2D eigenvalue weighted by Crippen LogP contribution is 2.06. The number of hydrogen-bond donors (Lipinski definition) is 2. The number of carbonyl (C=O) groups is 1. The van der Waals surface area contributed by atoms with Crippen LogP contribution >= 0.6 is 12.2 Å². The summed E-state index contributed by atoms with van der Waals surface area (Å²) >= 11 is 5.19. The standard InChI is InChI=1S/C15H19N3O3S2/c1-10(23(2)21)9-16-13(19)7-8-18-14(20)11-5-3-4-6-12(11)17-15(18)22/h3-6,10H,7-9H2,1-2H3,(H,16,19)(H,17,22)/t10-,23+/m1/s1. The first-order chi connectivity index (χ1) is 10.9. The van der Waals surface area contributed by atoms with Gasteiger partial charge >= 0.3 is 0 Å². The Hall–Kier alpha value is -1.80. The van der Waals surface area contributed by atoms with Gasteiger partial charge < -0.3 is 10.3 Å². The van der Waals surface area contributed by atoms with Gasteiger partial charge in [0.2, 0.25) is 5.91 Å². The van der Waals surface area contributed by atoms with Gasteiger partial charge in [-0.2, -0.15) is 0 Å². The van der Waals surface area contributed by atoms with Crippen molar-refractivity contribution in [2.24, 2.45) is 0 Å². The molecular weight excluding hydrogens is 334 g/mol. The summed E-state index contributed by atoms with van der Waals surface area (Å²) in [6.07, 6.45) is 1.74. The van der Waals surface area contributed by atoms with Crippen molar-refractivity contribution in [1.82, 2.24) is 14.9 Å². The fourth-order valence-electron chi connectivity index (χ4n) is 2.08. The Balaban J connectivity index is 2.08. The first-order valence-corrected chi connectivity index (χ1v) is 9.24. The van der Waals surface area contributed by atoms with E-state index in [2.05, 4.69) is 10.3 Å². The number of rotatable bonds is 6. The number of hydrogen-bond acceptors (Lipinski definition) is 4. The third-order valence-corrected chi connectivity index (χ3v) is 5.23. The third kappa shape index (κ3) is 4.35. The molecule has 2 atom stereocenters. The van der Waals surface area contributed by atoms with Crippen molar-refractivity contribution in [3.05, 3.63) is 39.4 Å². The van der Waals surface area contributed by atoms with Crippen molar-refractivity contribution in [2.75, 3.05) is 12.8 Å². The molecule has 0 radical (unpaired) electrons. The minimum atomic E-state index is -0.981. The van der Waals surface area contributed by atoms with E-state index < -0.39 is 10.8 Å². The minimum Gasteiger partial charge on any atom is -0.355 e. The van der Waals surface area contributed by atoms with Gasteiger partial charge in [-0.25, -0.2) is 0 Å². The molecule has 23 heavy (non-hydrogen) atoms. The molecule has 0 aliphatic carbocycles. The van der Waals surface area contributed by atoms with Gasteiger partial charge in [0.05, 0.1) is 10.9 Å². The lowest BCUT2D eigenvalue weighted by Gasteiger charge is -2.11. The van der Waals surface area contributed by atoms with E-state index in [9.17, 15) is 13.8 Å². The molecule has 1 amide bonds. The summed E-state index contributed by atoms with van der Waals surface area (Å²) in [5, 5.41) is 3.15. The summed E-state index contributed by atoms with van der Waals surface area (Å²) in [4.78, 5) is 27.3. The van der Waals surface area contributed by atoms with Crippen molar-refractivity contribution < 1.29 is 9.00 Å². The molecule has 0 spiro atoms. The SMILES string of the molecule is C[C@H](CNC(=O)CCn1c(=S)[nH]c2ccccc2c1=O)[S@](C)=O. The maximum Gasteiger partial charge on any atom is 0.262 e. The van der Waals surface area contributed by atoms with Crippen molar-refractivity contribution in [1.29, 1.82) is 0 Å². The van der Waals surface area contributed by atoms with Gasteiger partial charge in [-0.15, -0.1) is 0 Å². The third-order valence-electron chi connectivity index (χ3n) is 3.61. The second-order valence-corrected chi connectivity index (χ2v) is 7.48. The number of nitrogens with zero attached hydrogens (tertiary/aromatic N) is 1. The summed E-state index contributed by atoms with van der Waals surface area (Å²) < 4.78 is 12.9. The molecule has 0 aliphatic rings. The molecule has 0 saturated carbocycles. The average molecular weight is 353 g/mol. The Morgan fingerprint density at radius 1 is 1.43 bits per heavy atom. The average Bonchev–Trinajstić information content (AvgIpc) is 2.52. The van der Waals surface area contributed by atoms with Crippen LogP contribution in [0.2, 0.25) is 0 Å². The highest BCUT2D eigenvalue weighted by atomic mass is 32.2. The van der Waals surface area contributed by atoms with Crippen LogP contribution in [0.1, 0.15) is 13.3 Å². The van der Waals surface area contributed by atoms with Crippen molar-refractivity contribution in [3.63, 3.8) is 0 Å². The van der Waals surface area contributed by atoms with Crippen LogP contribution in [0.3, 0.4) is 0 Å². The number of aromatic amines is 1. The Kier molecular flexibility index (Phi) is 5.84.